The molecule has 174 valence electrons. The summed E-state index contributed by atoms with van der Waals surface area (Å²) in [7, 11) is -3.77. The van der Waals surface area contributed by atoms with Crippen molar-refractivity contribution in [3.05, 3.63) is 83.7 Å². The number of aliphatic hydroxyl groups excluding tert-OH is 1. The minimum Gasteiger partial charge on any atom is -0.491 e. The molecule has 1 N–H and O–H groups in total. The molecule has 0 bridgehead atoms. The average Bonchev–Trinajstić information content (AvgIpc) is 3.34. The molecule has 1 aromatic heterocycles. The second-order valence-electron chi connectivity index (χ2n) is 8.20. The van der Waals surface area contributed by atoms with Crippen LogP contribution in [0.5, 0.6) is 5.75 Å². The number of allylic oxidation sites excluding steroid dienone is 1. The van der Waals surface area contributed by atoms with E-state index in [1.807, 2.05) is 48.5 Å². The lowest BCUT2D eigenvalue weighted by Crippen LogP contribution is -2.30. The number of aromatic nitrogens is 2. The zero-order valence-corrected chi connectivity index (χ0v) is 19.8. The summed E-state index contributed by atoms with van der Waals surface area (Å²) in [6.07, 6.45) is 2.30. The molecule has 0 saturated carbocycles. The van der Waals surface area contributed by atoms with Gasteiger partial charge in [-0.25, -0.2) is 8.42 Å². The van der Waals surface area contributed by atoms with Crippen LogP contribution in [0.1, 0.15) is 22.5 Å². The highest BCUT2D eigenvalue weighted by Crippen LogP contribution is 2.34. The van der Waals surface area contributed by atoms with Crippen LogP contribution in [-0.2, 0) is 29.4 Å². The van der Waals surface area contributed by atoms with Crippen LogP contribution in [0.25, 0.3) is 0 Å². The Morgan fingerprint density at radius 2 is 1.91 bits per heavy atom. The van der Waals surface area contributed by atoms with Gasteiger partial charge in [0.2, 0.25) is 0 Å². The number of aliphatic hydroxyl groups is 1. The molecular formula is C25H29N3O4S. The summed E-state index contributed by atoms with van der Waals surface area (Å²) < 4.78 is 35.9. The molecule has 1 atom stereocenters. The molecule has 1 aliphatic rings. The van der Waals surface area contributed by atoms with Crippen LogP contribution in [0.2, 0.25) is 0 Å². The fourth-order valence-electron chi connectivity index (χ4n) is 4.31. The summed E-state index contributed by atoms with van der Waals surface area (Å²) >= 11 is 0. The Morgan fingerprint density at radius 3 is 2.70 bits per heavy atom. The van der Waals surface area contributed by atoms with Crippen LogP contribution in [0.4, 0.5) is 5.69 Å². The largest absolute Gasteiger partial charge is 0.491 e. The smallest absolute Gasteiger partial charge is 0.268 e. The first-order valence-corrected chi connectivity index (χ1v) is 12.4. The van der Waals surface area contributed by atoms with Gasteiger partial charge in [0.25, 0.3) is 10.0 Å². The number of sulfonamides is 1. The van der Waals surface area contributed by atoms with Gasteiger partial charge in [-0.3, -0.25) is 8.99 Å². The van der Waals surface area contributed by atoms with Gasteiger partial charge in [0, 0.05) is 6.54 Å². The van der Waals surface area contributed by atoms with E-state index in [1.165, 1.54) is 4.31 Å². The van der Waals surface area contributed by atoms with E-state index in [0.29, 0.717) is 36.5 Å². The summed E-state index contributed by atoms with van der Waals surface area (Å²) in [5.41, 5.74) is 3.65. The zero-order valence-electron chi connectivity index (χ0n) is 18.9. The molecule has 8 heteroatoms. The number of para-hydroxylation sites is 2. The van der Waals surface area contributed by atoms with Crippen LogP contribution in [0.15, 0.2) is 66.1 Å². The second-order valence-corrected chi connectivity index (χ2v) is 10.0. The number of anilines is 1. The van der Waals surface area contributed by atoms with E-state index in [0.717, 1.165) is 16.8 Å². The van der Waals surface area contributed by atoms with Crippen molar-refractivity contribution in [1.29, 1.82) is 0 Å². The van der Waals surface area contributed by atoms with E-state index in [9.17, 15) is 13.5 Å². The number of hydrogen-bond acceptors (Lipinski definition) is 5. The van der Waals surface area contributed by atoms with Gasteiger partial charge < -0.3 is 9.84 Å². The van der Waals surface area contributed by atoms with Gasteiger partial charge in [-0.1, -0.05) is 42.5 Å². The fraction of sp³-hybridized carbons (Fsp3) is 0.320. The molecule has 1 aliphatic heterocycles. The fourth-order valence-corrected chi connectivity index (χ4v) is 6.19. The SMILES string of the molecule is C=CCc1ccccc1OCC(O)Cn1nc(C)c(S(=O)(=O)N2CCc3ccccc32)c1C. The van der Waals surface area contributed by atoms with Gasteiger partial charge in [0.15, 0.2) is 0 Å². The number of hydrogen-bond donors (Lipinski definition) is 1. The van der Waals surface area contributed by atoms with Crippen molar-refractivity contribution < 1.29 is 18.3 Å². The Hall–Kier alpha value is -3.10. The summed E-state index contributed by atoms with van der Waals surface area (Å²) in [4.78, 5) is 0.198. The van der Waals surface area contributed by atoms with Crippen molar-refractivity contribution in [3.8, 4) is 5.75 Å². The number of nitrogens with zero attached hydrogens (tertiary/aromatic N) is 3. The van der Waals surface area contributed by atoms with Crippen molar-refractivity contribution >= 4 is 15.7 Å². The predicted molar refractivity (Wildman–Crippen MR) is 128 cm³/mol. The molecule has 0 amide bonds. The molecule has 7 nitrogen and oxygen atoms in total. The quantitative estimate of drug-likeness (QED) is 0.488. The Bertz CT molecular complexity index is 1270. The van der Waals surface area contributed by atoms with Crippen molar-refractivity contribution in [3.63, 3.8) is 0 Å². The van der Waals surface area contributed by atoms with Gasteiger partial charge in [0.05, 0.1) is 23.6 Å². The van der Waals surface area contributed by atoms with E-state index >= 15 is 0 Å². The molecule has 0 saturated heterocycles. The van der Waals surface area contributed by atoms with Gasteiger partial charge in [-0.2, -0.15) is 5.10 Å². The van der Waals surface area contributed by atoms with E-state index in [-0.39, 0.29) is 18.0 Å². The standard InChI is InChI=1S/C25H29N3O4S/c1-4-9-21-11-6-8-13-24(21)32-17-22(29)16-27-19(3)25(18(2)26-27)33(30,31)28-15-14-20-10-5-7-12-23(20)28/h4-8,10-13,22,29H,1,9,14-17H2,2-3H3. The highest BCUT2D eigenvalue weighted by atomic mass is 32.2. The first kappa shape index (κ1) is 23.1. The van der Waals surface area contributed by atoms with Crippen LogP contribution in [0, 0.1) is 13.8 Å². The third-order valence-electron chi connectivity index (χ3n) is 5.86. The average molecular weight is 468 g/mol. The molecule has 4 rings (SSSR count). The third-order valence-corrected chi connectivity index (χ3v) is 7.93. The Balaban J connectivity index is 1.51. The highest BCUT2D eigenvalue weighted by Gasteiger charge is 2.35. The lowest BCUT2D eigenvalue weighted by Gasteiger charge is -2.20. The molecule has 0 radical (unpaired) electrons. The van der Waals surface area contributed by atoms with Gasteiger partial charge >= 0.3 is 0 Å². The summed E-state index contributed by atoms with van der Waals surface area (Å²) in [6, 6.07) is 15.2. The van der Waals surface area contributed by atoms with E-state index in [1.54, 1.807) is 24.6 Å². The van der Waals surface area contributed by atoms with Crippen molar-refractivity contribution in [2.24, 2.45) is 0 Å². The van der Waals surface area contributed by atoms with Gasteiger partial charge in [-0.15, -0.1) is 6.58 Å². The van der Waals surface area contributed by atoms with Crippen LogP contribution < -0.4 is 9.04 Å². The minimum absolute atomic E-state index is 0.0636. The number of benzene rings is 2. The molecule has 1 unspecified atom stereocenters. The third kappa shape index (κ3) is 4.54. The number of rotatable bonds is 9. The topological polar surface area (TPSA) is 84.7 Å². The molecule has 2 heterocycles. The van der Waals surface area contributed by atoms with Crippen molar-refractivity contribution in [2.75, 3.05) is 17.5 Å². The molecule has 33 heavy (non-hydrogen) atoms. The van der Waals surface area contributed by atoms with Crippen LogP contribution >= 0.6 is 0 Å². The number of fused-ring (bicyclic) bond motifs is 1. The second kappa shape index (κ2) is 9.41. The molecular weight excluding hydrogens is 438 g/mol. The van der Waals surface area contributed by atoms with Crippen LogP contribution in [0.3, 0.4) is 0 Å². The Morgan fingerprint density at radius 1 is 1.18 bits per heavy atom. The molecule has 0 fully saturated rings. The Labute approximate surface area is 195 Å². The normalized spacial score (nSPS) is 14.2. The molecule has 3 aromatic rings. The van der Waals surface area contributed by atoms with E-state index < -0.39 is 16.1 Å². The monoisotopic (exact) mass is 467 g/mol. The predicted octanol–water partition coefficient (Wildman–Crippen LogP) is 3.42. The van der Waals surface area contributed by atoms with Crippen molar-refractivity contribution in [1.82, 2.24) is 9.78 Å². The number of aryl methyl sites for hydroxylation is 1. The lowest BCUT2D eigenvalue weighted by atomic mass is 10.1. The van der Waals surface area contributed by atoms with Crippen LogP contribution in [-0.4, -0.2) is 42.6 Å². The summed E-state index contributed by atoms with van der Waals surface area (Å²) in [5.74, 6) is 0.695. The zero-order chi connectivity index (χ0) is 23.6. The van der Waals surface area contributed by atoms with Gasteiger partial charge in [-0.05, 0) is 49.9 Å². The first-order chi connectivity index (χ1) is 15.8. The molecule has 0 spiro atoms. The maximum Gasteiger partial charge on any atom is 0.268 e. The maximum atomic E-state index is 13.5. The number of ether oxygens (including phenoxy) is 1. The van der Waals surface area contributed by atoms with E-state index in [4.69, 9.17) is 4.74 Å². The molecule has 2 aromatic carbocycles. The van der Waals surface area contributed by atoms with E-state index in [2.05, 4.69) is 11.7 Å². The summed E-state index contributed by atoms with van der Waals surface area (Å²) in [5, 5.41) is 15.0. The maximum absolute atomic E-state index is 13.5. The lowest BCUT2D eigenvalue weighted by molar-refractivity contribution is 0.0882. The summed E-state index contributed by atoms with van der Waals surface area (Å²) in [6.45, 7) is 7.77. The Kier molecular flexibility index (Phi) is 6.58. The highest BCUT2D eigenvalue weighted by molar-refractivity contribution is 7.93. The molecule has 0 aliphatic carbocycles. The first-order valence-electron chi connectivity index (χ1n) is 11.0. The van der Waals surface area contributed by atoms with Crippen molar-refractivity contribution in [2.45, 2.75) is 44.2 Å². The minimum atomic E-state index is -3.77. The van der Waals surface area contributed by atoms with Gasteiger partial charge in [0.1, 0.15) is 23.4 Å².